The smallest absolute Gasteiger partial charge is 0.322 e. The molecule has 1 aromatic heterocycles. The second-order valence-electron chi connectivity index (χ2n) is 9.57. The summed E-state index contributed by atoms with van der Waals surface area (Å²) in [5.74, 6) is 0.757. The van der Waals surface area contributed by atoms with Crippen molar-refractivity contribution in [3.8, 4) is 0 Å². The van der Waals surface area contributed by atoms with Gasteiger partial charge in [0.2, 0.25) is 5.91 Å². The number of aromatic nitrogens is 2. The van der Waals surface area contributed by atoms with Crippen LogP contribution in [0.5, 0.6) is 0 Å². The number of fused-ring (bicyclic) bond motifs is 1. The van der Waals surface area contributed by atoms with Gasteiger partial charge in [0.05, 0.1) is 11.0 Å². The minimum absolute atomic E-state index is 0.0125. The van der Waals surface area contributed by atoms with Gasteiger partial charge < -0.3 is 14.8 Å². The van der Waals surface area contributed by atoms with Gasteiger partial charge in [-0.2, -0.15) is 0 Å². The van der Waals surface area contributed by atoms with Crippen molar-refractivity contribution >= 4 is 28.9 Å². The van der Waals surface area contributed by atoms with Gasteiger partial charge in [0.25, 0.3) is 5.91 Å². The second kappa shape index (κ2) is 9.52. The van der Waals surface area contributed by atoms with Crippen LogP contribution in [0.25, 0.3) is 11.0 Å². The third kappa shape index (κ3) is 4.52. The predicted molar refractivity (Wildman–Crippen MR) is 133 cm³/mol. The number of para-hydroxylation sites is 2. The Balaban J connectivity index is 1.21. The molecule has 0 radical (unpaired) electrons. The summed E-state index contributed by atoms with van der Waals surface area (Å²) in [6.07, 6.45) is 3.01. The molecule has 8 heteroatoms. The molecule has 2 aliphatic rings. The molecule has 2 fully saturated rings. The summed E-state index contributed by atoms with van der Waals surface area (Å²) in [6, 6.07) is 17.5. The number of carbonyl (C=O) groups is 3. The van der Waals surface area contributed by atoms with Crippen molar-refractivity contribution in [3.63, 3.8) is 0 Å². The zero-order valence-electron chi connectivity index (χ0n) is 20.0. The van der Waals surface area contributed by atoms with E-state index in [1.54, 1.807) is 0 Å². The molecule has 182 valence electrons. The van der Waals surface area contributed by atoms with Crippen LogP contribution in [0.3, 0.4) is 0 Å². The number of rotatable bonds is 7. The van der Waals surface area contributed by atoms with Crippen LogP contribution in [0.1, 0.15) is 37.1 Å². The van der Waals surface area contributed by atoms with Crippen LogP contribution in [-0.2, 0) is 22.6 Å². The summed E-state index contributed by atoms with van der Waals surface area (Å²) in [6.45, 7) is 3.73. The number of carbonyl (C=O) groups excluding carboxylic acids is 3. The van der Waals surface area contributed by atoms with Crippen LogP contribution in [0, 0.1) is 12.8 Å². The van der Waals surface area contributed by atoms with E-state index in [9.17, 15) is 14.4 Å². The molecule has 35 heavy (non-hydrogen) atoms. The van der Waals surface area contributed by atoms with E-state index in [0.717, 1.165) is 22.4 Å². The summed E-state index contributed by atoms with van der Waals surface area (Å²) in [5.41, 5.74) is 2.20. The first-order valence-corrected chi connectivity index (χ1v) is 12.3. The fourth-order valence-electron chi connectivity index (χ4n) is 5.62. The van der Waals surface area contributed by atoms with Gasteiger partial charge in [-0.15, -0.1) is 0 Å². The monoisotopic (exact) mass is 473 g/mol. The number of aryl methyl sites for hydroxylation is 3. The number of likely N-dealkylation sites (tertiary alicyclic amines) is 1. The van der Waals surface area contributed by atoms with E-state index in [1.165, 1.54) is 0 Å². The van der Waals surface area contributed by atoms with Crippen LogP contribution < -0.4 is 10.6 Å². The lowest BCUT2D eigenvalue weighted by Gasteiger charge is -2.40. The minimum atomic E-state index is -0.922. The molecule has 0 bridgehead atoms. The number of hydrogen-bond donors (Lipinski definition) is 2. The Morgan fingerprint density at radius 1 is 1.06 bits per heavy atom. The molecule has 0 aliphatic carbocycles. The van der Waals surface area contributed by atoms with Crippen molar-refractivity contribution in [1.29, 1.82) is 0 Å². The fraction of sp³-hybridized carbons (Fsp3) is 0.407. The summed E-state index contributed by atoms with van der Waals surface area (Å²) in [5, 5.41) is 5.41. The van der Waals surface area contributed by atoms with Gasteiger partial charge in [-0.3, -0.25) is 14.9 Å². The SMILES string of the molecule is Cc1nc2ccccc2n1CCC(=O)N1CCC([C@]2(CCc3ccccc3)NC(=O)NC2=O)CC1. The van der Waals surface area contributed by atoms with Crippen LogP contribution in [-0.4, -0.2) is 50.9 Å². The lowest BCUT2D eigenvalue weighted by molar-refractivity contribution is -0.134. The average Bonchev–Trinajstić information content (AvgIpc) is 3.36. The first-order valence-electron chi connectivity index (χ1n) is 12.3. The van der Waals surface area contributed by atoms with Crippen molar-refractivity contribution < 1.29 is 14.4 Å². The minimum Gasteiger partial charge on any atom is -0.343 e. The number of urea groups is 1. The van der Waals surface area contributed by atoms with Gasteiger partial charge in [-0.1, -0.05) is 42.5 Å². The van der Waals surface area contributed by atoms with E-state index in [-0.39, 0.29) is 17.7 Å². The van der Waals surface area contributed by atoms with E-state index >= 15 is 0 Å². The van der Waals surface area contributed by atoms with Crippen molar-refractivity contribution in [2.45, 2.75) is 51.1 Å². The summed E-state index contributed by atoms with van der Waals surface area (Å²) < 4.78 is 2.09. The number of nitrogens with zero attached hydrogens (tertiary/aromatic N) is 3. The van der Waals surface area contributed by atoms with Crippen LogP contribution in [0.4, 0.5) is 4.79 Å². The number of amides is 4. The largest absolute Gasteiger partial charge is 0.343 e. The maximum atomic E-state index is 13.0. The molecular formula is C27H31N5O3. The standard InChI is InChI=1S/C27H31N5O3/c1-19-28-22-9-5-6-10-23(22)32(19)18-14-24(33)31-16-12-21(13-17-31)27(25(34)29-26(35)30-27)15-11-20-7-3-2-4-8-20/h2-10,21H,11-18H2,1H3,(H2,29,30,34,35)/t27-/m0/s1. The van der Waals surface area contributed by atoms with E-state index < -0.39 is 11.6 Å². The van der Waals surface area contributed by atoms with Gasteiger partial charge in [0.15, 0.2) is 0 Å². The number of benzene rings is 2. The number of hydrogen-bond acceptors (Lipinski definition) is 4. The number of nitrogens with one attached hydrogen (secondary N) is 2. The van der Waals surface area contributed by atoms with Gasteiger partial charge in [0.1, 0.15) is 11.4 Å². The topological polar surface area (TPSA) is 96.3 Å². The van der Waals surface area contributed by atoms with Gasteiger partial charge in [0, 0.05) is 26.1 Å². The average molecular weight is 474 g/mol. The summed E-state index contributed by atoms with van der Waals surface area (Å²) in [7, 11) is 0. The Labute approximate surface area is 204 Å². The van der Waals surface area contributed by atoms with Crippen molar-refractivity contribution in [2.75, 3.05) is 13.1 Å². The van der Waals surface area contributed by atoms with Crippen LogP contribution in [0.15, 0.2) is 54.6 Å². The molecule has 2 aliphatic heterocycles. The van der Waals surface area contributed by atoms with E-state index in [1.807, 2.05) is 66.4 Å². The molecule has 8 nitrogen and oxygen atoms in total. The second-order valence-corrected chi connectivity index (χ2v) is 9.57. The van der Waals surface area contributed by atoms with Crippen molar-refractivity contribution in [1.82, 2.24) is 25.1 Å². The molecular weight excluding hydrogens is 442 g/mol. The zero-order chi connectivity index (χ0) is 24.4. The van der Waals surface area contributed by atoms with Gasteiger partial charge in [-0.05, 0) is 56.2 Å². The molecule has 0 saturated carbocycles. The Hall–Kier alpha value is -3.68. The van der Waals surface area contributed by atoms with E-state index in [4.69, 9.17) is 0 Å². The lowest BCUT2D eigenvalue weighted by atomic mass is 9.74. The molecule has 1 atom stereocenters. The van der Waals surface area contributed by atoms with Crippen molar-refractivity contribution in [2.24, 2.45) is 5.92 Å². The summed E-state index contributed by atoms with van der Waals surface area (Å²) >= 11 is 0. The molecule has 0 spiro atoms. The van der Waals surface area contributed by atoms with E-state index in [2.05, 4.69) is 20.2 Å². The highest BCUT2D eigenvalue weighted by Crippen LogP contribution is 2.35. The number of piperidine rings is 1. The first kappa shape index (κ1) is 23.1. The molecule has 3 aromatic rings. The zero-order valence-corrected chi connectivity index (χ0v) is 20.0. The molecule has 4 amide bonds. The van der Waals surface area contributed by atoms with E-state index in [0.29, 0.717) is 51.7 Å². The Kier molecular flexibility index (Phi) is 6.28. The number of imide groups is 1. The molecule has 3 heterocycles. The first-order chi connectivity index (χ1) is 17.0. The quantitative estimate of drug-likeness (QED) is 0.515. The predicted octanol–water partition coefficient (Wildman–Crippen LogP) is 3.18. The van der Waals surface area contributed by atoms with Gasteiger partial charge >= 0.3 is 6.03 Å². The van der Waals surface area contributed by atoms with Crippen LogP contribution >= 0.6 is 0 Å². The van der Waals surface area contributed by atoms with Gasteiger partial charge in [-0.25, -0.2) is 9.78 Å². The maximum absolute atomic E-state index is 13.0. The Morgan fingerprint density at radius 3 is 2.49 bits per heavy atom. The Bertz CT molecular complexity index is 1250. The molecule has 2 saturated heterocycles. The van der Waals surface area contributed by atoms with Crippen LogP contribution in [0.2, 0.25) is 0 Å². The molecule has 0 unspecified atom stereocenters. The lowest BCUT2D eigenvalue weighted by Crippen LogP contribution is -2.56. The maximum Gasteiger partial charge on any atom is 0.322 e. The number of imidazole rings is 1. The van der Waals surface area contributed by atoms with Crippen molar-refractivity contribution in [3.05, 3.63) is 66.0 Å². The molecule has 2 aromatic carbocycles. The highest BCUT2D eigenvalue weighted by atomic mass is 16.2. The third-order valence-corrected chi connectivity index (χ3v) is 7.56. The summed E-state index contributed by atoms with van der Waals surface area (Å²) in [4.78, 5) is 44.5. The highest BCUT2D eigenvalue weighted by Gasteiger charge is 2.51. The fourth-order valence-corrected chi connectivity index (χ4v) is 5.62. The normalized spacial score (nSPS) is 20.8. The highest BCUT2D eigenvalue weighted by molar-refractivity contribution is 6.07. The molecule has 5 rings (SSSR count). The Morgan fingerprint density at radius 2 is 1.77 bits per heavy atom. The molecule has 2 N–H and O–H groups in total. The third-order valence-electron chi connectivity index (χ3n) is 7.56.